The summed E-state index contributed by atoms with van der Waals surface area (Å²) in [5, 5.41) is 0. The highest BCUT2D eigenvalue weighted by Gasteiger charge is 2.06. The molecule has 0 aromatic carbocycles. The van der Waals surface area contributed by atoms with Crippen LogP contribution in [-0.2, 0) is 4.74 Å². The Labute approximate surface area is 83.1 Å². The van der Waals surface area contributed by atoms with Gasteiger partial charge < -0.3 is 10.5 Å². The molecule has 0 fully saturated rings. The number of halogens is 1. The summed E-state index contributed by atoms with van der Waals surface area (Å²) in [4.78, 5) is 3.72. The van der Waals surface area contributed by atoms with Crippen molar-refractivity contribution in [3.05, 3.63) is 29.8 Å². The molecule has 0 radical (unpaired) electrons. The molecule has 0 saturated heterocycles. The van der Waals surface area contributed by atoms with E-state index < -0.39 is 0 Å². The molecule has 0 saturated carbocycles. The van der Waals surface area contributed by atoms with Gasteiger partial charge in [-0.2, -0.15) is 0 Å². The number of nitrogens with two attached hydrogens (primary N) is 1. The van der Waals surface area contributed by atoms with Gasteiger partial charge >= 0.3 is 0 Å². The lowest BCUT2D eigenvalue weighted by Gasteiger charge is -2.11. The number of hydrogen-bond acceptors (Lipinski definition) is 3. The van der Waals surface area contributed by atoms with E-state index in [2.05, 4.69) is 4.98 Å². The third-order valence-corrected chi connectivity index (χ3v) is 1.80. The van der Waals surface area contributed by atoms with Gasteiger partial charge in [-0.25, -0.2) is 4.39 Å². The van der Waals surface area contributed by atoms with Crippen LogP contribution >= 0.6 is 0 Å². The maximum absolute atomic E-state index is 12.8. The molecule has 1 atom stereocenters. The molecule has 1 rings (SSSR count). The smallest absolute Gasteiger partial charge is 0.141 e. The van der Waals surface area contributed by atoms with Crippen molar-refractivity contribution in [1.82, 2.24) is 4.98 Å². The highest BCUT2D eigenvalue weighted by atomic mass is 19.1. The van der Waals surface area contributed by atoms with Crippen molar-refractivity contribution >= 4 is 0 Å². The number of aromatic nitrogens is 1. The minimum Gasteiger partial charge on any atom is -0.379 e. The largest absolute Gasteiger partial charge is 0.379 e. The van der Waals surface area contributed by atoms with Crippen LogP contribution in [0.25, 0.3) is 0 Å². The molecule has 0 aliphatic heterocycles. The lowest BCUT2D eigenvalue weighted by molar-refractivity contribution is 0.121. The molecule has 4 heteroatoms. The number of nitrogens with zero attached hydrogens (tertiary/aromatic N) is 1. The fraction of sp³-hybridized carbons (Fsp3) is 0.500. The molecular weight excluding hydrogens is 183 g/mol. The van der Waals surface area contributed by atoms with Crippen molar-refractivity contribution in [2.75, 3.05) is 13.2 Å². The maximum atomic E-state index is 12.8. The molecule has 1 aromatic rings. The number of hydrogen-bond donors (Lipinski definition) is 1. The Morgan fingerprint density at radius 3 is 3.00 bits per heavy atom. The predicted molar refractivity (Wildman–Crippen MR) is 52.2 cm³/mol. The second kappa shape index (κ2) is 5.67. The number of pyridine rings is 1. The predicted octanol–water partition coefficient (Wildman–Crippen LogP) is 1.65. The second-order valence-electron chi connectivity index (χ2n) is 3.12. The van der Waals surface area contributed by atoms with Crippen molar-refractivity contribution in [2.24, 2.45) is 5.73 Å². The fourth-order valence-electron chi connectivity index (χ4n) is 1.08. The van der Waals surface area contributed by atoms with Gasteiger partial charge in [0.2, 0.25) is 0 Å². The van der Waals surface area contributed by atoms with Crippen LogP contribution in [0.2, 0.25) is 0 Å². The Kier molecular flexibility index (Phi) is 4.49. The van der Waals surface area contributed by atoms with Gasteiger partial charge in [-0.15, -0.1) is 0 Å². The van der Waals surface area contributed by atoms with Crippen molar-refractivity contribution in [2.45, 2.75) is 19.4 Å². The standard InChI is InChI=1S/C10H15FN2O/c1-2-3-14-7-10(12)8-4-9(11)6-13-5-8/h4-6,10H,2-3,7,12H2,1H3. The molecule has 3 nitrogen and oxygen atoms in total. The first-order valence-corrected chi connectivity index (χ1v) is 4.67. The first kappa shape index (κ1) is 11.1. The quantitative estimate of drug-likeness (QED) is 0.732. The third kappa shape index (κ3) is 3.40. The summed E-state index contributed by atoms with van der Waals surface area (Å²) in [6, 6.07) is 1.08. The Hall–Kier alpha value is -1.00. The summed E-state index contributed by atoms with van der Waals surface area (Å²) in [6.07, 6.45) is 3.67. The molecule has 0 amide bonds. The van der Waals surface area contributed by atoms with Gasteiger partial charge in [0.05, 0.1) is 18.8 Å². The van der Waals surface area contributed by atoms with Crippen LogP contribution in [0.5, 0.6) is 0 Å². The molecule has 14 heavy (non-hydrogen) atoms. The van der Waals surface area contributed by atoms with E-state index in [0.717, 1.165) is 12.6 Å². The normalized spacial score (nSPS) is 12.8. The molecule has 0 aliphatic rings. The van der Waals surface area contributed by atoms with Gasteiger partial charge in [-0.05, 0) is 18.1 Å². The Balaban J connectivity index is 2.47. The number of rotatable bonds is 5. The van der Waals surface area contributed by atoms with Gasteiger partial charge in [0.25, 0.3) is 0 Å². The summed E-state index contributed by atoms with van der Waals surface area (Å²) in [5.74, 6) is -0.367. The van der Waals surface area contributed by atoms with Crippen LogP contribution in [0.1, 0.15) is 24.9 Å². The summed E-state index contributed by atoms with van der Waals surface area (Å²) in [6.45, 7) is 3.10. The molecule has 1 aromatic heterocycles. The zero-order valence-corrected chi connectivity index (χ0v) is 8.24. The van der Waals surface area contributed by atoms with E-state index in [4.69, 9.17) is 10.5 Å². The topological polar surface area (TPSA) is 48.1 Å². The van der Waals surface area contributed by atoms with Crippen LogP contribution in [0.4, 0.5) is 4.39 Å². The van der Waals surface area contributed by atoms with E-state index in [-0.39, 0.29) is 11.9 Å². The third-order valence-electron chi connectivity index (χ3n) is 1.80. The fourth-order valence-corrected chi connectivity index (χ4v) is 1.08. The van der Waals surface area contributed by atoms with Gasteiger partial charge in [-0.3, -0.25) is 4.98 Å². The molecular formula is C10H15FN2O. The monoisotopic (exact) mass is 198 g/mol. The van der Waals surface area contributed by atoms with Crippen LogP contribution < -0.4 is 5.73 Å². The number of ether oxygens (including phenoxy) is 1. The summed E-state index contributed by atoms with van der Waals surface area (Å²) in [7, 11) is 0. The van der Waals surface area contributed by atoms with Gasteiger partial charge in [0.15, 0.2) is 0 Å². The van der Waals surface area contributed by atoms with Crippen LogP contribution in [0.3, 0.4) is 0 Å². The molecule has 0 spiro atoms. The van der Waals surface area contributed by atoms with Crippen molar-refractivity contribution in [3.63, 3.8) is 0 Å². The SMILES string of the molecule is CCCOCC(N)c1cncc(F)c1. The van der Waals surface area contributed by atoms with E-state index in [9.17, 15) is 4.39 Å². The maximum Gasteiger partial charge on any atom is 0.141 e. The van der Waals surface area contributed by atoms with E-state index in [0.29, 0.717) is 18.8 Å². The van der Waals surface area contributed by atoms with Crippen LogP contribution in [-0.4, -0.2) is 18.2 Å². The zero-order valence-electron chi connectivity index (χ0n) is 8.24. The van der Waals surface area contributed by atoms with Gasteiger partial charge in [0.1, 0.15) is 5.82 Å². The second-order valence-corrected chi connectivity index (χ2v) is 3.12. The lowest BCUT2D eigenvalue weighted by Crippen LogP contribution is -2.17. The van der Waals surface area contributed by atoms with Crippen molar-refractivity contribution in [3.8, 4) is 0 Å². The minimum absolute atomic E-state index is 0.301. The van der Waals surface area contributed by atoms with E-state index >= 15 is 0 Å². The van der Waals surface area contributed by atoms with Crippen LogP contribution in [0.15, 0.2) is 18.5 Å². The lowest BCUT2D eigenvalue weighted by atomic mass is 10.1. The zero-order chi connectivity index (χ0) is 10.4. The van der Waals surface area contributed by atoms with E-state index in [1.165, 1.54) is 6.07 Å². The summed E-state index contributed by atoms with van der Waals surface area (Å²) >= 11 is 0. The van der Waals surface area contributed by atoms with E-state index in [1.54, 1.807) is 6.20 Å². The minimum atomic E-state index is -0.367. The molecule has 0 aliphatic carbocycles. The van der Waals surface area contributed by atoms with Gasteiger partial charge in [-0.1, -0.05) is 6.92 Å². The highest BCUT2D eigenvalue weighted by molar-refractivity contribution is 5.14. The summed E-state index contributed by atoms with van der Waals surface area (Å²) < 4.78 is 18.0. The van der Waals surface area contributed by atoms with Crippen molar-refractivity contribution < 1.29 is 9.13 Å². The van der Waals surface area contributed by atoms with Crippen LogP contribution in [0, 0.1) is 5.82 Å². The molecule has 0 bridgehead atoms. The molecule has 78 valence electrons. The average Bonchev–Trinajstić information content (AvgIpc) is 2.18. The first-order chi connectivity index (χ1) is 6.74. The van der Waals surface area contributed by atoms with Gasteiger partial charge in [0, 0.05) is 12.8 Å². The molecule has 1 heterocycles. The highest BCUT2D eigenvalue weighted by Crippen LogP contribution is 2.10. The molecule has 2 N–H and O–H groups in total. The Morgan fingerprint density at radius 2 is 2.36 bits per heavy atom. The average molecular weight is 198 g/mol. The van der Waals surface area contributed by atoms with Crippen molar-refractivity contribution in [1.29, 1.82) is 0 Å². The summed E-state index contributed by atoms with van der Waals surface area (Å²) in [5.41, 5.74) is 6.44. The Bertz CT molecular complexity index is 281. The molecule has 1 unspecified atom stereocenters. The first-order valence-electron chi connectivity index (χ1n) is 4.67. The Morgan fingerprint density at radius 1 is 1.57 bits per heavy atom. The van der Waals surface area contributed by atoms with E-state index in [1.807, 2.05) is 6.92 Å².